The van der Waals surface area contributed by atoms with Crippen LogP contribution in [0.5, 0.6) is 0 Å². The van der Waals surface area contributed by atoms with Gasteiger partial charge in [-0.25, -0.2) is 0 Å². The van der Waals surface area contributed by atoms with Crippen LogP contribution in [-0.4, -0.2) is 20.4 Å². The highest BCUT2D eigenvalue weighted by molar-refractivity contribution is 5.85. The van der Waals surface area contributed by atoms with Gasteiger partial charge in [0.1, 0.15) is 5.52 Å². The zero-order valence-electron chi connectivity index (χ0n) is 5.07. The summed E-state index contributed by atoms with van der Waals surface area (Å²) in [5.74, 6) is 0.384. The Kier molecular flexibility index (Phi) is 0.858. The van der Waals surface area contributed by atoms with Crippen LogP contribution in [0.2, 0.25) is 0 Å². The van der Waals surface area contributed by atoms with E-state index in [4.69, 9.17) is 5.73 Å². The number of nitrogen functional groups attached to an aromatic ring is 1. The summed E-state index contributed by atoms with van der Waals surface area (Å²) in [5, 5.41) is 14.7. The van der Waals surface area contributed by atoms with Crippen LogP contribution in [0, 0.1) is 0 Å². The number of hydrogen-bond donors (Lipinski definition) is 2. The van der Waals surface area contributed by atoms with E-state index in [1.807, 2.05) is 0 Å². The Labute approximate surface area is 56.3 Å². The molecule has 5 heteroatoms. The van der Waals surface area contributed by atoms with Crippen molar-refractivity contribution in [3.63, 3.8) is 0 Å². The molecule has 50 valence electrons. The molecule has 5 nitrogen and oxygen atoms in total. The molecule has 0 saturated carbocycles. The van der Waals surface area contributed by atoms with Gasteiger partial charge in [-0.2, -0.15) is 10.2 Å². The summed E-state index contributed by atoms with van der Waals surface area (Å²) >= 11 is 0. The Hall–Kier alpha value is -1.65. The number of nitrogens with two attached hydrogens (primary N) is 1. The van der Waals surface area contributed by atoms with E-state index in [0.29, 0.717) is 5.82 Å². The van der Waals surface area contributed by atoms with Crippen molar-refractivity contribution in [3.05, 3.63) is 12.4 Å². The fourth-order valence-corrected chi connectivity index (χ4v) is 0.802. The molecule has 0 aliphatic rings. The highest BCUT2D eigenvalue weighted by atomic mass is 15.2. The van der Waals surface area contributed by atoms with Gasteiger partial charge >= 0.3 is 0 Å². The molecule has 0 amide bonds. The first-order chi connectivity index (χ1) is 4.88. The molecule has 0 aliphatic carbocycles. The molecule has 0 atom stereocenters. The Morgan fingerprint density at radius 3 is 3.10 bits per heavy atom. The summed E-state index contributed by atoms with van der Waals surface area (Å²) in [7, 11) is 0. The van der Waals surface area contributed by atoms with Crippen molar-refractivity contribution in [1.29, 1.82) is 0 Å². The molecule has 0 bridgehead atoms. The van der Waals surface area contributed by atoms with E-state index in [-0.39, 0.29) is 0 Å². The standard InChI is InChI=1S/C5H5N5/c6-5-4-3(1-7-9-4)2-8-10-5/h1-2H,(H2,6,10)(H,7,9). The van der Waals surface area contributed by atoms with E-state index in [9.17, 15) is 0 Å². The lowest BCUT2D eigenvalue weighted by molar-refractivity contribution is 1.05. The molecule has 0 saturated heterocycles. The Morgan fingerprint density at radius 1 is 1.40 bits per heavy atom. The van der Waals surface area contributed by atoms with Gasteiger partial charge in [0.2, 0.25) is 0 Å². The highest BCUT2D eigenvalue weighted by Gasteiger charge is 1.98. The van der Waals surface area contributed by atoms with Crippen molar-refractivity contribution in [2.45, 2.75) is 0 Å². The molecule has 0 unspecified atom stereocenters. The zero-order chi connectivity index (χ0) is 6.97. The lowest BCUT2D eigenvalue weighted by Crippen LogP contribution is -1.92. The number of hydrogen-bond acceptors (Lipinski definition) is 4. The molecular weight excluding hydrogens is 130 g/mol. The molecule has 0 radical (unpaired) electrons. The van der Waals surface area contributed by atoms with E-state index >= 15 is 0 Å². The van der Waals surface area contributed by atoms with Gasteiger partial charge in [0, 0.05) is 5.39 Å². The molecule has 0 aromatic carbocycles. The molecule has 10 heavy (non-hydrogen) atoms. The second-order valence-corrected chi connectivity index (χ2v) is 1.93. The lowest BCUT2D eigenvalue weighted by atomic mass is 10.4. The maximum Gasteiger partial charge on any atom is 0.172 e. The van der Waals surface area contributed by atoms with Crippen LogP contribution in [0.1, 0.15) is 0 Å². The Bertz CT molecular complexity index is 352. The quantitative estimate of drug-likeness (QED) is 0.530. The second kappa shape index (κ2) is 1.66. The summed E-state index contributed by atoms with van der Waals surface area (Å²) in [6, 6.07) is 0. The largest absolute Gasteiger partial charge is 0.380 e. The average Bonchev–Trinajstić information content (AvgIpc) is 2.36. The highest BCUT2D eigenvalue weighted by Crippen LogP contribution is 2.11. The number of fused-ring (bicyclic) bond motifs is 1. The summed E-state index contributed by atoms with van der Waals surface area (Å²) in [4.78, 5) is 0. The summed E-state index contributed by atoms with van der Waals surface area (Å²) in [6.45, 7) is 0. The molecule has 0 fully saturated rings. The zero-order valence-corrected chi connectivity index (χ0v) is 5.07. The fraction of sp³-hybridized carbons (Fsp3) is 0. The fourth-order valence-electron chi connectivity index (χ4n) is 0.802. The third kappa shape index (κ3) is 0.540. The number of nitrogens with one attached hydrogen (secondary N) is 1. The van der Waals surface area contributed by atoms with Gasteiger partial charge in [0.05, 0.1) is 12.4 Å². The van der Waals surface area contributed by atoms with Crippen molar-refractivity contribution in [2.24, 2.45) is 0 Å². The van der Waals surface area contributed by atoms with Crippen molar-refractivity contribution in [1.82, 2.24) is 20.4 Å². The maximum absolute atomic E-state index is 5.46. The summed E-state index contributed by atoms with van der Waals surface area (Å²) in [5.41, 5.74) is 6.20. The lowest BCUT2D eigenvalue weighted by Gasteiger charge is -1.88. The molecule has 0 spiro atoms. The van der Waals surface area contributed by atoms with E-state index in [1.54, 1.807) is 12.4 Å². The first-order valence-corrected chi connectivity index (χ1v) is 2.78. The number of H-pyrrole nitrogens is 1. The molecule has 2 heterocycles. The van der Waals surface area contributed by atoms with Gasteiger partial charge in [-0.15, -0.1) is 5.10 Å². The van der Waals surface area contributed by atoms with Crippen LogP contribution in [0.15, 0.2) is 12.4 Å². The molecular formula is C5H5N5. The minimum Gasteiger partial charge on any atom is -0.380 e. The third-order valence-electron chi connectivity index (χ3n) is 1.29. The molecule has 2 aromatic rings. The van der Waals surface area contributed by atoms with Gasteiger partial charge in [0.15, 0.2) is 5.82 Å². The number of rotatable bonds is 0. The van der Waals surface area contributed by atoms with E-state index in [1.165, 1.54) is 0 Å². The molecule has 2 rings (SSSR count). The van der Waals surface area contributed by atoms with Gasteiger partial charge in [-0.05, 0) is 0 Å². The van der Waals surface area contributed by atoms with Crippen LogP contribution in [0.4, 0.5) is 5.82 Å². The SMILES string of the molecule is Nc1nncc2cn[nH]c12. The second-order valence-electron chi connectivity index (χ2n) is 1.93. The van der Waals surface area contributed by atoms with Crippen molar-refractivity contribution in [3.8, 4) is 0 Å². The minimum atomic E-state index is 0.384. The van der Waals surface area contributed by atoms with Gasteiger partial charge in [0.25, 0.3) is 0 Å². The van der Waals surface area contributed by atoms with E-state index in [2.05, 4.69) is 20.4 Å². The van der Waals surface area contributed by atoms with Crippen molar-refractivity contribution in [2.75, 3.05) is 5.73 Å². The number of aromatic amines is 1. The van der Waals surface area contributed by atoms with Crippen LogP contribution in [0.3, 0.4) is 0 Å². The van der Waals surface area contributed by atoms with Crippen LogP contribution >= 0.6 is 0 Å². The topological polar surface area (TPSA) is 80.5 Å². The first-order valence-electron chi connectivity index (χ1n) is 2.78. The van der Waals surface area contributed by atoms with Crippen molar-refractivity contribution < 1.29 is 0 Å². The average molecular weight is 135 g/mol. The number of nitrogens with zero attached hydrogens (tertiary/aromatic N) is 3. The molecule has 0 aliphatic heterocycles. The van der Waals surface area contributed by atoms with E-state index in [0.717, 1.165) is 10.9 Å². The van der Waals surface area contributed by atoms with Crippen LogP contribution in [-0.2, 0) is 0 Å². The van der Waals surface area contributed by atoms with Gasteiger partial charge in [-0.1, -0.05) is 0 Å². The summed E-state index contributed by atoms with van der Waals surface area (Å²) < 4.78 is 0. The van der Waals surface area contributed by atoms with Crippen LogP contribution < -0.4 is 5.73 Å². The number of aromatic nitrogens is 4. The smallest absolute Gasteiger partial charge is 0.172 e. The maximum atomic E-state index is 5.46. The van der Waals surface area contributed by atoms with Crippen LogP contribution in [0.25, 0.3) is 10.9 Å². The van der Waals surface area contributed by atoms with Gasteiger partial charge < -0.3 is 5.73 Å². The van der Waals surface area contributed by atoms with Crippen molar-refractivity contribution >= 4 is 16.7 Å². The third-order valence-corrected chi connectivity index (χ3v) is 1.29. The monoisotopic (exact) mass is 135 g/mol. The van der Waals surface area contributed by atoms with Gasteiger partial charge in [-0.3, -0.25) is 5.10 Å². The molecule has 3 N–H and O–H groups in total. The first kappa shape index (κ1) is 5.16. The van der Waals surface area contributed by atoms with E-state index < -0.39 is 0 Å². The predicted octanol–water partition coefficient (Wildman–Crippen LogP) is -0.0649. The number of anilines is 1. The Balaban J connectivity index is 2.95. The normalized spacial score (nSPS) is 10.4. The Morgan fingerprint density at radius 2 is 2.30 bits per heavy atom. The summed E-state index contributed by atoms with van der Waals surface area (Å²) in [6.07, 6.45) is 3.26. The molecule has 2 aromatic heterocycles. The minimum absolute atomic E-state index is 0.384. The predicted molar refractivity (Wildman–Crippen MR) is 36.1 cm³/mol.